The molecule has 2 aromatic carbocycles. The summed E-state index contributed by atoms with van der Waals surface area (Å²) in [5.74, 6) is -0.403. The summed E-state index contributed by atoms with van der Waals surface area (Å²) in [5, 5.41) is 12.7. The smallest absolute Gasteiger partial charge is 0.383 e. The van der Waals surface area contributed by atoms with Crippen LogP contribution in [0.5, 0.6) is 0 Å². The average Bonchev–Trinajstić information content (AvgIpc) is 3.52. The van der Waals surface area contributed by atoms with Gasteiger partial charge in [0.15, 0.2) is 0 Å². The fourth-order valence-corrected chi connectivity index (χ4v) is 6.21. The number of rotatable bonds is 13. The first-order valence-electron chi connectivity index (χ1n) is 15.0. The molecule has 0 radical (unpaired) electrons. The molecule has 4 rings (SSSR count). The van der Waals surface area contributed by atoms with Gasteiger partial charge in [0.2, 0.25) is 5.91 Å². The largest absolute Gasteiger partial charge is 0.407 e. The van der Waals surface area contributed by atoms with E-state index in [9.17, 15) is 18.0 Å². The maximum absolute atomic E-state index is 14.2. The Hall–Kier alpha value is -3.08. The molecule has 234 valence electrons. The van der Waals surface area contributed by atoms with Crippen molar-refractivity contribution in [2.24, 2.45) is 5.92 Å². The molecule has 0 spiro atoms. The van der Waals surface area contributed by atoms with Gasteiger partial charge < -0.3 is 20.4 Å². The Labute approximate surface area is 257 Å². The fraction of sp³-hybridized carbons (Fsp3) is 0.485. The van der Waals surface area contributed by atoms with E-state index in [2.05, 4.69) is 52.0 Å². The van der Waals surface area contributed by atoms with Crippen LogP contribution in [0.25, 0.3) is 11.1 Å². The molecule has 0 aliphatic carbocycles. The first kappa shape index (κ1) is 32.8. The monoisotopic (exact) mass is 615 g/mol. The number of carbonyl (C=O) groups excluding carboxylic acids is 1. The second-order valence-corrected chi connectivity index (χ2v) is 12.7. The number of benzene rings is 2. The molecule has 0 bridgehead atoms. The van der Waals surface area contributed by atoms with E-state index >= 15 is 0 Å². The SMILES string of the molecule is CC(C)CC(NC(c1ccc(-c2ccsc2)cc1)C(F)(F)F)C(=O)NCCNc1ccc(N2CCC(N(C)C)CC2)cc1. The highest BCUT2D eigenvalue weighted by Gasteiger charge is 2.43. The van der Waals surface area contributed by atoms with E-state index < -0.39 is 24.2 Å². The van der Waals surface area contributed by atoms with E-state index in [1.165, 1.54) is 29.2 Å². The molecule has 1 amide bonds. The summed E-state index contributed by atoms with van der Waals surface area (Å²) in [7, 11) is 4.27. The molecule has 10 heteroatoms. The maximum atomic E-state index is 14.2. The molecule has 1 aliphatic heterocycles. The normalized spacial score (nSPS) is 16.0. The van der Waals surface area contributed by atoms with Gasteiger partial charge in [0.25, 0.3) is 0 Å². The lowest BCUT2D eigenvalue weighted by molar-refractivity contribution is -0.161. The fourth-order valence-electron chi connectivity index (χ4n) is 5.55. The molecule has 1 fully saturated rings. The van der Waals surface area contributed by atoms with E-state index in [4.69, 9.17) is 0 Å². The molecule has 0 saturated carbocycles. The molecular weight excluding hydrogens is 571 g/mol. The minimum Gasteiger partial charge on any atom is -0.383 e. The third-order valence-corrected chi connectivity index (χ3v) is 8.68. The number of amides is 1. The molecule has 43 heavy (non-hydrogen) atoms. The zero-order valence-electron chi connectivity index (χ0n) is 25.5. The van der Waals surface area contributed by atoms with Crippen LogP contribution >= 0.6 is 11.3 Å². The molecule has 3 aromatic rings. The quantitative estimate of drug-likeness (QED) is 0.185. The number of hydrogen-bond acceptors (Lipinski definition) is 6. The van der Waals surface area contributed by atoms with Crippen LogP contribution in [0.2, 0.25) is 0 Å². The zero-order chi connectivity index (χ0) is 31.0. The van der Waals surface area contributed by atoms with Crippen molar-refractivity contribution in [2.75, 3.05) is 50.5 Å². The maximum Gasteiger partial charge on any atom is 0.407 e. The van der Waals surface area contributed by atoms with Crippen molar-refractivity contribution < 1.29 is 18.0 Å². The lowest BCUT2D eigenvalue weighted by atomic mass is 9.98. The zero-order valence-corrected chi connectivity index (χ0v) is 26.3. The van der Waals surface area contributed by atoms with Crippen molar-refractivity contribution >= 4 is 28.6 Å². The Bertz CT molecular complexity index is 1260. The van der Waals surface area contributed by atoms with E-state index in [0.29, 0.717) is 19.1 Å². The number of alkyl halides is 3. The van der Waals surface area contributed by atoms with Gasteiger partial charge in [-0.3, -0.25) is 10.1 Å². The van der Waals surface area contributed by atoms with Crippen molar-refractivity contribution in [2.45, 2.75) is 57.4 Å². The van der Waals surface area contributed by atoms with Gasteiger partial charge in [-0.1, -0.05) is 38.1 Å². The van der Waals surface area contributed by atoms with Gasteiger partial charge >= 0.3 is 6.18 Å². The van der Waals surface area contributed by atoms with Crippen molar-refractivity contribution in [3.05, 3.63) is 70.9 Å². The van der Waals surface area contributed by atoms with Crippen molar-refractivity contribution in [3.63, 3.8) is 0 Å². The number of nitrogens with zero attached hydrogens (tertiary/aromatic N) is 2. The van der Waals surface area contributed by atoms with E-state index in [-0.39, 0.29) is 17.9 Å². The highest BCUT2D eigenvalue weighted by Crippen LogP contribution is 2.35. The molecule has 2 heterocycles. The van der Waals surface area contributed by atoms with Crippen LogP contribution in [-0.2, 0) is 4.79 Å². The second-order valence-electron chi connectivity index (χ2n) is 11.9. The number of nitrogens with one attached hydrogen (secondary N) is 3. The number of anilines is 2. The Morgan fingerprint density at radius 2 is 1.65 bits per heavy atom. The molecule has 1 aromatic heterocycles. The number of halogens is 3. The van der Waals surface area contributed by atoms with Crippen molar-refractivity contribution in [3.8, 4) is 11.1 Å². The average molecular weight is 616 g/mol. The van der Waals surface area contributed by atoms with E-state index in [1.54, 1.807) is 12.1 Å². The summed E-state index contributed by atoms with van der Waals surface area (Å²) in [5.41, 5.74) is 4.03. The Morgan fingerprint density at radius 1 is 0.977 bits per heavy atom. The van der Waals surface area contributed by atoms with Crippen LogP contribution in [0.4, 0.5) is 24.5 Å². The molecular formula is C33H44F3N5OS. The summed E-state index contributed by atoms with van der Waals surface area (Å²) in [6.07, 6.45) is -1.99. The number of carbonyl (C=O) groups is 1. The van der Waals surface area contributed by atoms with E-state index in [0.717, 1.165) is 42.7 Å². The Kier molecular flexibility index (Phi) is 11.5. The minimum atomic E-state index is -4.56. The third-order valence-electron chi connectivity index (χ3n) is 8.00. The van der Waals surface area contributed by atoms with Crippen LogP contribution in [0.3, 0.4) is 0 Å². The van der Waals surface area contributed by atoms with Crippen LogP contribution in [0, 0.1) is 5.92 Å². The summed E-state index contributed by atoms with van der Waals surface area (Å²) in [4.78, 5) is 17.8. The van der Waals surface area contributed by atoms with Gasteiger partial charge in [0, 0.05) is 43.6 Å². The van der Waals surface area contributed by atoms with Gasteiger partial charge in [-0.15, -0.1) is 0 Å². The lowest BCUT2D eigenvalue weighted by Gasteiger charge is -2.36. The number of hydrogen-bond donors (Lipinski definition) is 3. The molecule has 3 N–H and O–H groups in total. The van der Waals surface area contributed by atoms with Gasteiger partial charge in [-0.05, 0) is 97.1 Å². The summed E-state index contributed by atoms with van der Waals surface area (Å²) >= 11 is 1.54. The first-order chi connectivity index (χ1) is 20.5. The van der Waals surface area contributed by atoms with E-state index in [1.807, 2.05) is 42.8 Å². The Morgan fingerprint density at radius 3 is 2.21 bits per heavy atom. The second kappa shape index (κ2) is 15.1. The number of piperidine rings is 1. The van der Waals surface area contributed by atoms with Crippen molar-refractivity contribution in [1.29, 1.82) is 0 Å². The Balaban J connectivity index is 1.30. The highest BCUT2D eigenvalue weighted by atomic mass is 32.1. The summed E-state index contributed by atoms with van der Waals surface area (Å²) < 4.78 is 42.7. The predicted octanol–water partition coefficient (Wildman–Crippen LogP) is 6.78. The highest BCUT2D eigenvalue weighted by molar-refractivity contribution is 7.08. The van der Waals surface area contributed by atoms with Crippen LogP contribution in [0.15, 0.2) is 65.4 Å². The van der Waals surface area contributed by atoms with Crippen LogP contribution in [0.1, 0.15) is 44.7 Å². The molecule has 2 atom stereocenters. The van der Waals surface area contributed by atoms with Gasteiger partial charge in [-0.2, -0.15) is 24.5 Å². The van der Waals surface area contributed by atoms with Crippen LogP contribution in [-0.4, -0.2) is 69.3 Å². The lowest BCUT2D eigenvalue weighted by Crippen LogP contribution is -2.50. The van der Waals surface area contributed by atoms with Gasteiger partial charge in [-0.25, -0.2) is 0 Å². The molecule has 1 saturated heterocycles. The molecule has 6 nitrogen and oxygen atoms in total. The summed E-state index contributed by atoms with van der Waals surface area (Å²) in [6, 6.07) is 14.2. The molecule has 1 aliphatic rings. The third kappa shape index (κ3) is 9.45. The first-order valence-corrected chi connectivity index (χ1v) is 15.9. The minimum absolute atomic E-state index is 0.0309. The summed E-state index contributed by atoms with van der Waals surface area (Å²) in [6.45, 7) is 6.61. The standard InChI is InChI=1S/C33H44F3N5OS/c1-23(2)21-30(39-31(33(34,35)36)25-7-5-24(6-8-25)26-15-20-43-22-26)32(42)38-17-16-37-27-9-11-29(12-10-27)41-18-13-28(14-19-41)40(3)4/h5-12,15,20,22-23,28,30-31,37,39H,13-14,16-19,21H2,1-4H3,(H,38,42). The van der Waals surface area contributed by atoms with Gasteiger partial charge in [0.05, 0.1) is 6.04 Å². The predicted molar refractivity (Wildman–Crippen MR) is 172 cm³/mol. The molecule has 2 unspecified atom stereocenters. The topological polar surface area (TPSA) is 59.6 Å². The van der Waals surface area contributed by atoms with Crippen molar-refractivity contribution in [1.82, 2.24) is 15.5 Å². The number of thiophene rings is 1. The van der Waals surface area contributed by atoms with Crippen LogP contribution < -0.4 is 20.9 Å². The van der Waals surface area contributed by atoms with Gasteiger partial charge in [0.1, 0.15) is 6.04 Å².